The predicted octanol–water partition coefficient (Wildman–Crippen LogP) is 4.11. The van der Waals surface area contributed by atoms with Gasteiger partial charge in [0, 0.05) is 6.54 Å². The fourth-order valence-electron chi connectivity index (χ4n) is 5.98. The second-order valence-electron chi connectivity index (χ2n) is 7.74. The maximum Gasteiger partial charge on any atom is 0.00383 e. The minimum Gasteiger partial charge on any atom is -0.303 e. The summed E-state index contributed by atoms with van der Waals surface area (Å²) in [5.41, 5.74) is 0.775. The molecule has 2 heteroatoms. The second-order valence-corrected chi connectivity index (χ2v) is 7.74. The zero-order valence-electron chi connectivity index (χ0n) is 11.6. The smallest absolute Gasteiger partial charge is 0.00383 e. The largest absolute Gasteiger partial charge is 0.303 e. The lowest BCUT2D eigenvalue weighted by molar-refractivity contribution is 0.00877. The topological polar surface area (TPSA) is 3.24 Å². The molecule has 1 heterocycles. The molecule has 1 nitrogen and oxygen atoms in total. The minimum atomic E-state index is 0. The average molecular weight is 270 g/mol. The molecule has 5 rings (SSSR count). The van der Waals surface area contributed by atoms with Crippen LogP contribution in [0.15, 0.2) is 0 Å². The Morgan fingerprint density at radius 2 is 1.39 bits per heavy atom. The zero-order valence-corrected chi connectivity index (χ0v) is 12.4. The molecule has 5 aliphatic rings. The predicted molar refractivity (Wildman–Crippen MR) is 78.1 cm³/mol. The van der Waals surface area contributed by atoms with Crippen molar-refractivity contribution in [3.63, 3.8) is 0 Å². The summed E-state index contributed by atoms with van der Waals surface area (Å²) in [7, 11) is 0. The highest BCUT2D eigenvalue weighted by molar-refractivity contribution is 5.85. The molecular weight excluding hydrogens is 242 g/mol. The molecule has 104 valence electrons. The van der Waals surface area contributed by atoms with Gasteiger partial charge < -0.3 is 4.90 Å². The summed E-state index contributed by atoms with van der Waals surface area (Å²) in [4.78, 5) is 2.80. The molecule has 0 aromatic carbocycles. The maximum absolute atomic E-state index is 2.80. The van der Waals surface area contributed by atoms with Gasteiger partial charge in [-0.2, -0.15) is 0 Å². The molecule has 2 atom stereocenters. The van der Waals surface area contributed by atoms with E-state index in [0.717, 1.165) is 23.2 Å². The average Bonchev–Trinajstić information content (AvgIpc) is 2.68. The molecule has 0 radical (unpaired) electrons. The van der Waals surface area contributed by atoms with Crippen LogP contribution in [0.25, 0.3) is 0 Å². The van der Waals surface area contributed by atoms with Crippen molar-refractivity contribution in [2.45, 2.75) is 57.8 Å². The number of nitrogens with zero attached hydrogens (tertiary/aromatic N) is 1. The van der Waals surface area contributed by atoms with Crippen molar-refractivity contribution in [2.75, 3.05) is 19.6 Å². The molecule has 4 aliphatic carbocycles. The van der Waals surface area contributed by atoms with Crippen molar-refractivity contribution in [3.8, 4) is 0 Å². The molecule has 0 amide bonds. The van der Waals surface area contributed by atoms with Crippen LogP contribution in [0.4, 0.5) is 0 Å². The number of likely N-dealkylation sites (tertiary alicyclic amines) is 1. The third kappa shape index (κ3) is 2.33. The van der Waals surface area contributed by atoms with E-state index in [1.807, 2.05) is 0 Å². The molecule has 0 spiro atoms. The first-order valence-corrected chi connectivity index (χ1v) is 8.04. The fraction of sp³-hybridized carbons (Fsp3) is 1.00. The van der Waals surface area contributed by atoms with E-state index in [1.165, 1.54) is 32.5 Å². The Morgan fingerprint density at radius 3 is 2.00 bits per heavy atom. The Balaban J connectivity index is 0.000001000. The summed E-state index contributed by atoms with van der Waals surface area (Å²) in [5, 5.41) is 0. The maximum atomic E-state index is 2.80. The quantitative estimate of drug-likeness (QED) is 0.729. The Morgan fingerprint density at radius 1 is 0.833 bits per heavy atom. The first-order chi connectivity index (χ1) is 8.31. The highest BCUT2D eigenvalue weighted by Gasteiger charge is 2.48. The number of fused-ring (bicyclic) bond motifs is 1. The van der Waals surface area contributed by atoms with Crippen LogP contribution >= 0.6 is 12.4 Å². The highest BCUT2D eigenvalue weighted by atomic mass is 35.5. The van der Waals surface area contributed by atoms with Crippen LogP contribution in [0, 0.1) is 23.2 Å². The molecule has 4 saturated carbocycles. The SMILES string of the molecule is C1CCN(CC23CC4CCC(CC(C4)C2)C3)C1.Cl. The summed E-state index contributed by atoms with van der Waals surface area (Å²) in [5.74, 6) is 3.35. The molecule has 0 N–H and O–H groups in total. The van der Waals surface area contributed by atoms with Crippen molar-refractivity contribution in [3.05, 3.63) is 0 Å². The summed E-state index contributed by atoms with van der Waals surface area (Å²) < 4.78 is 0. The van der Waals surface area contributed by atoms with Crippen molar-refractivity contribution in [2.24, 2.45) is 23.2 Å². The van der Waals surface area contributed by atoms with Crippen LogP contribution in [0.3, 0.4) is 0 Å². The first kappa shape index (κ1) is 13.2. The fourth-order valence-corrected chi connectivity index (χ4v) is 5.98. The van der Waals surface area contributed by atoms with Crippen molar-refractivity contribution in [1.29, 1.82) is 0 Å². The molecular formula is C16H28ClN. The lowest BCUT2D eigenvalue weighted by atomic mass is 9.58. The Bertz CT molecular complexity index is 281. The van der Waals surface area contributed by atoms with E-state index in [1.54, 1.807) is 44.9 Å². The van der Waals surface area contributed by atoms with Gasteiger partial charge in [0.1, 0.15) is 0 Å². The van der Waals surface area contributed by atoms with E-state index < -0.39 is 0 Å². The molecule has 4 bridgehead atoms. The Labute approximate surface area is 118 Å². The van der Waals surface area contributed by atoms with Crippen LogP contribution in [0.1, 0.15) is 57.8 Å². The molecule has 2 unspecified atom stereocenters. The third-order valence-corrected chi connectivity index (χ3v) is 6.24. The molecule has 18 heavy (non-hydrogen) atoms. The van der Waals surface area contributed by atoms with E-state index >= 15 is 0 Å². The Hall–Kier alpha value is 0.250. The normalized spacial score (nSPS) is 47.0. The molecule has 0 aromatic rings. The number of hydrogen-bond acceptors (Lipinski definition) is 1. The van der Waals surface area contributed by atoms with Gasteiger partial charge in [0.2, 0.25) is 0 Å². The number of hydrogen-bond donors (Lipinski definition) is 0. The molecule has 0 aromatic heterocycles. The van der Waals surface area contributed by atoms with Crippen molar-refractivity contribution < 1.29 is 0 Å². The van der Waals surface area contributed by atoms with Gasteiger partial charge in [-0.1, -0.05) is 12.8 Å². The lowest BCUT2D eigenvalue weighted by Crippen LogP contribution is -2.45. The highest BCUT2D eigenvalue weighted by Crippen LogP contribution is 2.58. The van der Waals surface area contributed by atoms with Gasteiger partial charge in [0.15, 0.2) is 0 Å². The van der Waals surface area contributed by atoms with Crippen LogP contribution < -0.4 is 0 Å². The lowest BCUT2D eigenvalue weighted by Gasteiger charge is -2.50. The van der Waals surface area contributed by atoms with Crippen LogP contribution in [-0.4, -0.2) is 24.5 Å². The number of halogens is 1. The number of rotatable bonds is 2. The van der Waals surface area contributed by atoms with E-state index in [4.69, 9.17) is 0 Å². The third-order valence-electron chi connectivity index (χ3n) is 6.24. The first-order valence-electron chi connectivity index (χ1n) is 8.04. The van der Waals surface area contributed by atoms with Gasteiger partial charge >= 0.3 is 0 Å². The van der Waals surface area contributed by atoms with Crippen molar-refractivity contribution >= 4 is 12.4 Å². The van der Waals surface area contributed by atoms with Gasteiger partial charge in [-0.3, -0.25) is 0 Å². The van der Waals surface area contributed by atoms with Gasteiger partial charge in [-0.05, 0) is 81.2 Å². The van der Waals surface area contributed by atoms with E-state index in [2.05, 4.69) is 4.90 Å². The summed E-state index contributed by atoms with van der Waals surface area (Å²) in [6, 6.07) is 0. The second kappa shape index (κ2) is 4.98. The van der Waals surface area contributed by atoms with Crippen LogP contribution in [0.5, 0.6) is 0 Å². The van der Waals surface area contributed by atoms with Gasteiger partial charge in [-0.25, -0.2) is 0 Å². The van der Waals surface area contributed by atoms with Gasteiger partial charge in [-0.15, -0.1) is 12.4 Å². The van der Waals surface area contributed by atoms with E-state index in [0.29, 0.717) is 0 Å². The molecule has 1 saturated heterocycles. The van der Waals surface area contributed by atoms with Gasteiger partial charge in [0.05, 0.1) is 0 Å². The summed E-state index contributed by atoms with van der Waals surface area (Å²) >= 11 is 0. The Kier molecular flexibility index (Phi) is 3.66. The molecule has 1 aliphatic heterocycles. The van der Waals surface area contributed by atoms with Gasteiger partial charge in [0.25, 0.3) is 0 Å². The molecule has 5 fully saturated rings. The summed E-state index contributed by atoms with van der Waals surface area (Å²) in [6.07, 6.45) is 14.0. The van der Waals surface area contributed by atoms with E-state index in [9.17, 15) is 0 Å². The summed E-state index contributed by atoms with van der Waals surface area (Å²) in [6.45, 7) is 4.28. The zero-order chi connectivity index (χ0) is 11.3. The van der Waals surface area contributed by atoms with E-state index in [-0.39, 0.29) is 12.4 Å². The standard InChI is InChI=1S/C16H27N.ClH/c1-2-6-17(5-1)12-16-9-13-3-4-14(10-16)8-15(7-13)11-16;/h13-15H,1-12H2;1H. The van der Waals surface area contributed by atoms with Crippen LogP contribution in [-0.2, 0) is 0 Å². The minimum absolute atomic E-state index is 0. The van der Waals surface area contributed by atoms with Crippen LogP contribution in [0.2, 0.25) is 0 Å². The monoisotopic (exact) mass is 269 g/mol. The van der Waals surface area contributed by atoms with Crippen molar-refractivity contribution in [1.82, 2.24) is 4.90 Å².